The summed E-state index contributed by atoms with van der Waals surface area (Å²) in [6, 6.07) is 6.31. The van der Waals surface area contributed by atoms with Crippen LogP contribution in [0.25, 0.3) is 0 Å². The number of carbonyl (C=O) groups excluding carboxylic acids is 1. The number of carbonyl (C=O) groups is 1. The van der Waals surface area contributed by atoms with E-state index in [1.165, 1.54) is 0 Å². The highest BCUT2D eigenvalue weighted by Gasteiger charge is 2.34. The molecule has 0 heterocycles. The van der Waals surface area contributed by atoms with Crippen molar-refractivity contribution in [1.82, 2.24) is 0 Å². The highest BCUT2D eigenvalue weighted by Crippen LogP contribution is 2.24. The monoisotopic (exact) mass is 277 g/mol. The number of hydrogen-bond donors (Lipinski definition) is 2. The Morgan fingerprint density at radius 1 is 1.50 bits per heavy atom. The molecule has 76 valence electrons. The first kappa shape index (κ1) is 11.5. The van der Waals surface area contributed by atoms with E-state index < -0.39 is 11.5 Å². The van der Waals surface area contributed by atoms with Gasteiger partial charge in [-0.15, -0.1) is 0 Å². The van der Waals surface area contributed by atoms with Gasteiger partial charge < -0.3 is 10.8 Å². The highest BCUT2D eigenvalue weighted by molar-refractivity contribution is 9.09. The Morgan fingerprint density at radius 3 is 2.36 bits per heavy atom. The zero-order valence-corrected chi connectivity index (χ0v) is 9.55. The Kier molecular flexibility index (Phi) is 3.53. The predicted molar refractivity (Wildman–Crippen MR) is 58.3 cm³/mol. The molecular weight excluding hydrogens is 269 g/mol. The van der Waals surface area contributed by atoms with E-state index in [2.05, 4.69) is 15.9 Å². The molecule has 1 unspecified atom stereocenters. The predicted octanol–water partition coefficient (Wildman–Crippen LogP) is 1.41. The molecule has 0 bridgehead atoms. The lowest BCUT2D eigenvalue weighted by atomic mass is 9.95. The fraction of sp³-hybridized carbons (Fsp3) is 0.222. The van der Waals surface area contributed by atoms with Crippen molar-refractivity contribution in [3.63, 3.8) is 0 Å². The molecule has 0 saturated carbocycles. The van der Waals surface area contributed by atoms with Crippen LogP contribution in [0.3, 0.4) is 0 Å². The molecule has 0 fully saturated rings. The third-order valence-electron chi connectivity index (χ3n) is 1.92. The molecule has 0 aromatic heterocycles. The van der Waals surface area contributed by atoms with Gasteiger partial charge >= 0.3 is 0 Å². The summed E-state index contributed by atoms with van der Waals surface area (Å²) in [6.07, 6.45) is 0. The van der Waals surface area contributed by atoms with Crippen LogP contribution in [0.4, 0.5) is 0 Å². The van der Waals surface area contributed by atoms with Crippen molar-refractivity contribution in [1.29, 1.82) is 0 Å². The largest absolute Gasteiger partial charge is 0.375 e. The van der Waals surface area contributed by atoms with E-state index in [1.807, 2.05) is 0 Å². The van der Waals surface area contributed by atoms with Crippen LogP contribution >= 0.6 is 27.5 Å². The van der Waals surface area contributed by atoms with E-state index in [1.54, 1.807) is 24.3 Å². The fourth-order valence-corrected chi connectivity index (χ4v) is 1.74. The number of primary amides is 1. The summed E-state index contributed by atoms with van der Waals surface area (Å²) >= 11 is 8.72. The Morgan fingerprint density at radius 2 is 2.00 bits per heavy atom. The van der Waals surface area contributed by atoms with Crippen molar-refractivity contribution in [2.24, 2.45) is 5.73 Å². The lowest BCUT2D eigenvalue weighted by Crippen LogP contribution is -2.42. The van der Waals surface area contributed by atoms with Crippen molar-refractivity contribution < 1.29 is 9.90 Å². The van der Waals surface area contributed by atoms with Gasteiger partial charge in [-0.3, -0.25) is 4.79 Å². The Labute approximate surface area is 95.0 Å². The number of benzene rings is 1. The third-order valence-corrected chi connectivity index (χ3v) is 2.99. The van der Waals surface area contributed by atoms with Crippen LogP contribution in [0.2, 0.25) is 5.02 Å². The SMILES string of the molecule is NC(=O)C(O)(CBr)c1ccc(Cl)cc1. The average molecular weight is 279 g/mol. The number of rotatable bonds is 3. The van der Waals surface area contributed by atoms with Crippen LogP contribution in [0.1, 0.15) is 5.56 Å². The van der Waals surface area contributed by atoms with E-state index in [-0.39, 0.29) is 5.33 Å². The average Bonchev–Trinajstić information content (AvgIpc) is 2.17. The summed E-state index contributed by atoms with van der Waals surface area (Å²) in [4.78, 5) is 11.0. The maximum atomic E-state index is 11.0. The number of aliphatic hydroxyl groups is 1. The molecule has 3 nitrogen and oxygen atoms in total. The van der Waals surface area contributed by atoms with E-state index >= 15 is 0 Å². The lowest BCUT2D eigenvalue weighted by Gasteiger charge is -2.22. The minimum atomic E-state index is -1.68. The third kappa shape index (κ3) is 2.08. The quantitative estimate of drug-likeness (QED) is 0.821. The molecule has 0 spiro atoms. The Hall–Kier alpha value is -0.580. The molecule has 0 radical (unpaired) electrons. The van der Waals surface area contributed by atoms with Gasteiger partial charge in [0.05, 0.1) is 0 Å². The second-order valence-electron chi connectivity index (χ2n) is 2.87. The number of hydrogen-bond acceptors (Lipinski definition) is 2. The first-order valence-corrected chi connectivity index (χ1v) is 5.35. The lowest BCUT2D eigenvalue weighted by molar-refractivity contribution is -0.134. The number of nitrogens with two attached hydrogens (primary N) is 1. The first-order valence-electron chi connectivity index (χ1n) is 3.85. The van der Waals surface area contributed by atoms with Crippen LogP contribution < -0.4 is 5.73 Å². The molecular formula is C9H9BrClNO2. The van der Waals surface area contributed by atoms with Gasteiger partial charge in [-0.1, -0.05) is 39.7 Å². The van der Waals surface area contributed by atoms with Gasteiger partial charge in [0.2, 0.25) is 0 Å². The minimum Gasteiger partial charge on any atom is -0.375 e. The molecule has 1 atom stereocenters. The minimum absolute atomic E-state index is 0.0525. The second kappa shape index (κ2) is 4.29. The fourth-order valence-electron chi connectivity index (χ4n) is 1.01. The maximum absolute atomic E-state index is 11.0. The van der Waals surface area contributed by atoms with Crippen molar-refractivity contribution >= 4 is 33.4 Å². The molecule has 0 saturated heterocycles. The molecule has 0 aliphatic rings. The van der Waals surface area contributed by atoms with Gasteiger partial charge in [0.1, 0.15) is 0 Å². The number of alkyl halides is 1. The summed E-state index contributed by atoms with van der Waals surface area (Å²) in [5.41, 5.74) is 3.85. The highest BCUT2D eigenvalue weighted by atomic mass is 79.9. The number of halogens is 2. The van der Waals surface area contributed by atoms with E-state index in [4.69, 9.17) is 17.3 Å². The van der Waals surface area contributed by atoms with Gasteiger partial charge in [-0.05, 0) is 17.7 Å². The molecule has 3 N–H and O–H groups in total. The van der Waals surface area contributed by atoms with E-state index in [0.29, 0.717) is 10.6 Å². The molecule has 1 amide bonds. The summed E-state index contributed by atoms with van der Waals surface area (Å²) in [6.45, 7) is 0. The van der Waals surface area contributed by atoms with Crippen LogP contribution in [0.15, 0.2) is 24.3 Å². The summed E-state index contributed by atoms with van der Waals surface area (Å²) in [5.74, 6) is -0.795. The van der Waals surface area contributed by atoms with Crippen LogP contribution in [-0.2, 0) is 10.4 Å². The van der Waals surface area contributed by atoms with E-state index in [0.717, 1.165) is 0 Å². The molecule has 1 aromatic rings. The van der Waals surface area contributed by atoms with Gasteiger partial charge in [0.25, 0.3) is 5.91 Å². The normalized spacial score (nSPS) is 14.8. The summed E-state index contributed by atoms with van der Waals surface area (Å²) in [5, 5.41) is 10.5. The first-order chi connectivity index (χ1) is 6.50. The van der Waals surface area contributed by atoms with Crippen LogP contribution in [0.5, 0.6) is 0 Å². The molecule has 0 aliphatic heterocycles. The van der Waals surface area contributed by atoms with Crippen LogP contribution in [-0.4, -0.2) is 16.3 Å². The van der Waals surface area contributed by atoms with Crippen molar-refractivity contribution in [2.45, 2.75) is 5.60 Å². The molecule has 5 heteroatoms. The van der Waals surface area contributed by atoms with Gasteiger partial charge in [-0.2, -0.15) is 0 Å². The van der Waals surface area contributed by atoms with Gasteiger partial charge in [0, 0.05) is 10.4 Å². The smallest absolute Gasteiger partial charge is 0.254 e. The molecule has 0 aliphatic carbocycles. The second-order valence-corrected chi connectivity index (χ2v) is 3.86. The Balaban J connectivity index is 3.13. The van der Waals surface area contributed by atoms with Gasteiger partial charge in [0.15, 0.2) is 5.60 Å². The van der Waals surface area contributed by atoms with Crippen molar-refractivity contribution in [3.05, 3.63) is 34.9 Å². The molecule has 14 heavy (non-hydrogen) atoms. The zero-order valence-electron chi connectivity index (χ0n) is 7.21. The summed E-state index contributed by atoms with van der Waals surface area (Å²) < 4.78 is 0. The number of amides is 1. The Bertz CT molecular complexity index is 341. The topological polar surface area (TPSA) is 63.3 Å². The summed E-state index contributed by atoms with van der Waals surface area (Å²) in [7, 11) is 0. The van der Waals surface area contributed by atoms with E-state index in [9.17, 15) is 9.90 Å². The molecule has 1 aromatic carbocycles. The van der Waals surface area contributed by atoms with Crippen LogP contribution in [0, 0.1) is 0 Å². The zero-order chi connectivity index (χ0) is 10.8. The molecule has 1 rings (SSSR count). The maximum Gasteiger partial charge on any atom is 0.254 e. The standard InChI is InChI=1S/C9H9BrClNO2/c10-5-9(14,8(12)13)6-1-3-7(11)4-2-6/h1-4,14H,5H2,(H2,12,13). The van der Waals surface area contributed by atoms with Crippen molar-refractivity contribution in [3.8, 4) is 0 Å². The van der Waals surface area contributed by atoms with Gasteiger partial charge in [-0.25, -0.2) is 0 Å². The van der Waals surface area contributed by atoms with Crippen molar-refractivity contribution in [2.75, 3.05) is 5.33 Å².